The number of carboxylic acid groups (broad SMARTS) is 1. The van der Waals surface area contributed by atoms with Crippen LogP contribution in [0.5, 0.6) is 0 Å². The second-order valence-electron chi connectivity index (χ2n) is 3.29. The van der Waals surface area contributed by atoms with Crippen molar-refractivity contribution in [3.63, 3.8) is 0 Å². The predicted octanol–water partition coefficient (Wildman–Crippen LogP) is -0.284. The van der Waals surface area contributed by atoms with Gasteiger partial charge in [0.1, 0.15) is 6.04 Å². The highest BCUT2D eigenvalue weighted by molar-refractivity contribution is 5.74. The molecule has 0 amide bonds. The lowest BCUT2D eigenvalue weighted by Gasteiger charge is -2.17. The molecule has 5 heteroatoms. The van der Waals surface area contributed by atoms with Crippen molar-refractivity contribution in [1.29, 1.82) is 0 Å². The Bertz CT molecular complexity index is 183. The lowest BCUT2D eigenvalue weighted by atomic mass is 10.0. The van der Waals surface area contributed by atoms with Crippen LogP contribution in [0, 0.1) is 5.92 Å². The van der Waals surface area contributed by atoms with Gasteiger partial charge in [0, 0.05) is 7.05 Å². The Morgan fingerprint density at radius 2 is 2.25 bits per heavy atom. The Balaban J connectivity index is 2.56. The molecular weight excluding hydrogens is 160 g/mol. The van der Waals surface area contributed by atoms with Gasteiger partial charge in [0.15, 0.2) is 0 Å². The van der Waals surface area contributed by atoms with Crippen molar-refractivity contribution < 1.29 is 15.1 Å². The third kappa shape index (κ3) is 1.74. The van der Waals surface area contributed by atoms with Crippen LogP contribution in [-0.2, 0) is 4.79 Å². The number of nitrogens with zero attached hydrogens (tertiary/aromatic N) is 1. The number of aliphatic carboxylic acids is 1. The molecule has 3 N–H and O–H groups in total. The second kappa shape index (κ2) is 3.38. The van der Waals surface area contributed by atoms with Gasteiger partial charge in [-0.1, -0.05) is 6.92 Å². The van der Waals surface area contributed by atoms with E-state index >= 15 is 0 Å². The number of nitrogens with one attached hydrogen (secondary N) is 1. The summed E-state index contributed by atoms with van der Waals surface area (Å²) in [4.78, 5) is 10.6. The molecule has 0 radical (unpaired) electrons. The first-order valence-electron chi connectivity index (χ1n) is 3.93. The molecule has 1 aliphatic rings. The molecule has 0 aliphatic carbocycles. The molecule has 12 heavy (non-hydrogen) atoms. The summed E-state index contributed by atoms with van der Waals surface area (Å²) in [5.74, 6) is -0.797. The van der Waals surface area contributed by atoms with Gasteiger partial charge in [0.25, 0.3) is 0 Å². The summed E-state index contributed by atoms with van der Waals surface area (Å²) in [6.07, 6.45) is 0.422. The van der Waals surface area contributed by atoms with Crippen LogP contribution in [0.2, 0.25) is 0 Å². The summed E-state index contributed by atoms with van der Waals surface area (Å²) in [6, 6.07) is -0.537. The van der Waals surface area contributed by atoms with Crippen LogP contribution in [0.15, 0.2) is 0 Å². The molecule has 0 spiro atoms. The SMILES string of the molecule is C[C@@H]1C[C@@H](N(C)O)N[C@H]1C(=O)O. The number of hydrogen-bond donors (Lipinski definition) is 3. The standard InChI is InChI=1S/C7H14N2O3/c1-4-3-5(9(2)12)8-6(4)7(10)11/h4-6,8,12H,3H2,1-2H3,(H,10,11)/t4-,5-,6-/m1/s1. The van der Waals surface area contributed by atoms with Gasteiger partial charge in [-0.05, 0) is 12.3 Å². The quantitative estimate of drug-likeness (QED) is 0.502. The van der Waals surface area contributed by atoms with Crippen LogP contribution < -0.4 is 5.32 Å². The highest BCUT2D eigenvalue weighted by atomic mass is 16.5. The van der Waals surface area contributed by atoms with E-state index < -0.39 is 12.0 Å². The highest BCUT2D eigenvalue weighted by Crippen LogP contribution is 2.20. The first kappa shape index (κ1) is 9.44. The average molecular weight is 174 g/mol. The molecule has 5 nitrogen and oxygen atoms in total. The molecule has 3 atom stereocenters. The molecule has 1 fully saturated rings. The first-order chi connectivity index (χ1) is 5.52. The zero-order valence-corrected chi connectivity index (χ0v) is 7.19. The minimum atomic E-state index is -0.855. The van der Waals surface area contributed by atoms with Crippen LogP contribution in [-0.4, -0.2) is 40.6 Å². The van der Waals surface area contributed by atoms with Crippen molar-refractivity contribution in [2.45, 2.75) is 25.6 Å². The molecule has 70 valence electrons. The predicted molar refractivity (Wildman–Crippen MR) is 41.7 cm³/mol. The Morgan fingerprint density at radius 3 is 2.50 bits per heavy atom. The van der Waals surface area contributed by atoms with Gasteiger partial charge in [0.05, 0.1) is 6.17 Å². The summed E-state index contributed by atoms with van der Waals surface area (Å²) in [5.41, 5.74) is 0. The summed E-state index contributed by atoms with van der Waals surface area (Å²) < 4.78 is 0. The summed E-state index contributed by atoms with van der Waals surface area (Å²) in [5, 5.41) is 21.6. The van der Waals surface area contributed by atoms with E-state index in [9.17, 15) is 4.79 Å². The van der Waals surface area contributed by atoms with Crippen molar-refractivity contribution in [1.82, 2.24) is 10.4 Å². The largest absolute Gasteiger partial charge is 0.480 e. The second-order valence-corrected chi connectivity index (χ2v) is 3.29. The summed E-state index contributed by atoms with van der Waals surface area (Å²) >= 11 is 0. The molecule has 1 aliphatic heterocycles. The molecule has 1 saturated heterocycles. The molecular formula is C7H14N2O3. The topological polar surface area (TPSA) is 72.8 Å². The molecule has 1 rings (SSSR count). The minimum absolute atomic E-state index is 0.0575. The van der Waals surface area contributed by atoms with Crippen LogP contribution in [0.25, 0.3) is 0 Å². The van der Waals surface area contributed by atoms with Gasteiger partial charge in [-0.3, -0.25) is 10.1 Å². The van der Waals surface area contributed by atoms with E-state index in [1.54, 1.807) is 0 Å². The fourth-order valence-electron chi connectivity index (χ4n) is 1.50. The van der Waals surface area contributed by atoms with Gasteiger partial charge in [-0.25, -0.2) is 0 Å². The van der Waals surface area contributed by atoms with E-state index in [2.05, 4.69) is 5.32 Å². The van der Waals surface area contributed by atoms with Gasteiger partial charge < -0.3 is 10.3 Å². The molecule has 0 unspecified atom stereocenters. The van der Waals surface area contributed by atoms with Crippen LogP contribution >= 0.6 is 0 Å². The van der Waals surface area contributed by atoms with Gasteiger partial charge in [0.2, 0.25) is 0 Å². The molecule has 0 aromatic carbocycles. The minimum Gasteiger partial charge on any atom is -0.480 e. The van der Waals surface area contributed by atoms with Gasteiger partial charge >= 0.3 is 5.97 Å². The average Bonchev–Trinajstić information content (AvgIpc) is 2.30. The molecule has 0 aromatic rings. The molecule has 1 heterocycles. The van der Waals surface area contributed by atoms with Gasteiger partial charge in [-0.15, -0.1) is 0 Å². The monoisotopic (exact) mass is 174 g/mol. The zero-order valence-electron chi connectivity index (χ0n) is 7.19. The maximum atomic E-state index is 10.6. The number of rotatable bonds is 2. The Kier molecular flexibility index (Phi) is 2.66. The zero-order chi connectivity index (χ0) is 9.30. The summed E-state index contributed by atoms with van der Waals surface area (Å²) in [7, 11) is 1.51. The maximum Gasteiger partial charge on any atom is 0.321 e. The van der Waals surface area contributed by atoms with Crippen molar-refractivity contribution >= 4 is 5.97 Å². The van der Waals surface area contributed by atoms with Crippen molar-refractivity contribution in [2.75, 3.05) is 7.05 Å². The number of carbonyl (C=O) groups is 1. The Labute approximate surface area is 70.9 Å². The lowest BCUT2D eigenvalue weighted by molar-refractivity contribution is -0.141. The fraction of sp³-hybridized carbons (Fsp3) is 0.857. The van der Waals surface area contributed by atoms with E-state index in [-0.39, 0.29) is 12.1 Å². The number of carboxylic acids is 1. The van der Waals surface area contributed by atoms with E-state index in [1.807, 2.05) is 6.92 Å². The molecule has 0 bridgehead atoms. The first-order valence-corrected chi connectivity index (χ1v) is 3.93. The molecule has 0 saturated carbocycles. The maximum absolute atomic E-state index is 10.6. The van der Waals surface area contributed by atoms with Crippen LogP contribution in [0.3, 0.4) is 0 Å². The van der Waals surface area contributed by atoms with Crippen LogP contribution in [0.4, 0.5) is 0 Å². The number of hydrogen-bond acceptors (Lipinski definition) is 4. The third-order valence-corrected chi connectivity index (χ3v) is 2.25. The van der Waals surface area contributed by atoms with Crippen molar-refractivity contribution in [2.24, 2.45) is 5.92 Å². The van der Waals surface area contributed by atoms with Gasteiger partial charge in [-0.2, -0.15) is 5.06 Å². The summed E-state index contributed by atoms with van der Waals surface area (Å²) in [6.45, 7) is 1.86. The van der Waals surface area contributed by atoms with E-state index in [0.29, 0.717) is 6.42 Å². The van der Waals surface area contributed by atoms with Crippen molar-refractivity contribution in [3.05, 3.63) is 0 Å². The Hall–Kier alpha value is -0.650. The lowest BCUT2D eigenvalue weighted by Crippen LogP contribution is -2.43. The van der Waals surface area contributed by atoms with E-state index in [0.717, 1.165) is 5.06 Å². The van der Waals surface area contributed by atoms with E-state index in [1.165, 1.54) is 7.05 Å². The normalized spacial score (nSPS) is 35.8. The third-order valence-electron chi connectivity index (χ3n) is 2.25. The Morgan fingerprint density at radius 1 is 1.67 bits per heavy atom. The highest BCUT2D eigenvalue weighted by Gasteiger charge is 2.36. The smallest absolute Gasteiger partial charge is 0.321 e. The molecule has 0 aromatic heterocycles. The van der Waals surface area contributed by atoms with Crippen LogP contribution in [0.1, 0.15) is 13.3 Å². The fourth-order valence-corrected chi connectivity index (χ4v) is 1.50. The number of hydroxylamine groups is 2. The van der Waals surface area contributed by atoms with Crippen molar-refractivity contribution in [3.8, 4) is 0 Å². The van der Waals surface area contributed by atoms with E-state index in [4.69, 9.17) is 10.3 Å².